The highest BCUT2D eigenvalue weighted by Gasteiger charge is 2.04. The molecule has 2 heterocycles. The molecule has 0 saturated carbocycles. The molecule has 0 saturated heterocycles. The number of aryl methyl sites for hydroxylation is 2. The van der Waals surface area contributed by atoms with E-state index in [4.69, 9.17) is 0 Å². The Hall–Kier alpha value is -2.28. The quantitative estimate of drug-likeness (QED) is 0.797. The third-order valence-corrected chi connectivity index (χ3v) is 3.76. The average Bonchev–Trinajstić information content (AvgIpc) is 3.08. The molecule has 102 valence electrons. The second-order valence-electron chi connectivity index (χ2n) is 4.47. The molecule has 6 nitrogen and oxygen atoms in total. The monoisotopic (exact) mass is 286 g/mol. The van der Waals surface area contributed by atoms with Crippen molar-refractivity contribution < 1.29 is 0 Å². The number of anilines is 1. The molecule has 20 heavy (non-hydrogen) atoms. The van der Waals surface area contributed by atoms with E-state index >= 15 is 0 Å². The van der Waals surface area contributed by atoms with Crippen molar-refractivity contribution in [1.82, 2.24) is 25.2 Å². The van der Waals surface area contributed by atoms with Crippen molar-refractivity contribution in [3.05, 3.63) is 46.2 Å². The molecule has 3 rings (SSSR count). The summed E-state index contributed by atoms with van der Waals surface area (Å²) in [5, 5.41) is 17.7. The fourth-order valence-electron chi connectivity index (χ4n) is 1.98. The van der Waals surface area contributed by atoms with E-state index in [-0.39, 0.29) is 0 Å². The Bertz CT molecular complexity index is 703. The molecule has 1 N–H and O–H groups in total. The third kappa shape index (κ3) is 2.67. The van der Waals surface area contributed by atoms with Gasteiger partial charge in [0.1, 0.15) is 6.33 Å². The smallest absolute Gasteiger partial charge is 0.143 e. The number of aromatic nitrogens is 5. The van der Waals surface area contributed by atoms with Gasteiger partial charge in [-0.3, -0.25) is 0 Å². The van der Waals surface area contributed by atoms with Gasteiger partial charge in [0.05, 0.1) is 22.9 Å². The molecule has 3 aromatic rings. The first-order valence-corrected chi connectivity index (χ1v) is 7.09. The Labute approximate surface area is 120 Å². The lowest BCUT2D eigenvalue weighted by atomic mass is 10.2. The molecule has 2 aromatic heterocycles. The lowest BCUT2D eigenvalue weighted by molar-refractivity contribution is 0.785. The van der Waals surface area contributed by atoms with Crippen molar-refractivity contribution in [2.24, 2.45) is 0 Å². The van der Waals surface area contributed by atoms with E-state index in [1.54, 1.807) is 22.3 Å². The van der Waals surface area contributed by atoms with E-state index in [0.717, 1.165) is 34.2 Å². The van der Waals surface area contributed by atoms with E-state index in [1.807, 2.05) is 26.0 Å². The van der Waals surface area contributed by atoms with Crippen LogP contribution in [0.3, 0.4) is 0 Å². The summed E-state index contributed by atoms with van der Waals surface area (Å²) in [4.78, 5) is 4.43. The topological polar surface area (TPSA) is 68.5 Å². The van der Waals surface area contributed by atoms with Crippen LogP contribution in [0.5, 0.6) is 0 Å². The molecule has 1 aromatic carbocycles. The maximum absolute atomic E-state index is 4.43. The van der Waals surface area contributed by atoms with Gasteiger partial charge >= 0.3 is 0 Å². The van der Waals surface area contributed by atoms with Gasteiger partial charge in [-0.15, -0.1) is 16.4 Å². The number of tetrazole rings is 1. The molecule has 0 radical (unpaired) electrons. The van der Waals surface area contributed by atoms with Crippen LogP contribution in [0.2, 0.25) is 0 Å². The second-order valence-corrected chi connectivity index (χ2v) is 5.53. The highest BCUT2D eigenvalue weighted by molar-refractivity contribution is 7.09. The van der Waals surface area contributed by atoms with Crippen molar-refractivity contribution in [3.63, 3.8) is 0 Å². The number of rotatable bonds is 4. The Kier molecular flexibility index (Phi) is 3.42. The van der Waals surface area contributed by atoms with Crippen molar-refractivity contribution in [3.8, 4) is 5.69 Å². The Morgan fingerprint density at radius 3 is 2.85 bits per heavy atom. The van der Waals surface area contributed by atoms with Gasteiger partial charge in [-0.05, 0) is 48.0 Å². The summed E-state index contributed by atoms with van der Waals surface area (Å²) in [7, 11) is 0. The summed E-state index contributed by atoms with van der Waals surface area (Å²) in [5.41, 5.74) is 4.21. The summed E-state index contributed by atoms with van der Waals surface area (Å²) in [6.45, 7) is 4.78. The second kappa shape index (κ2) is 5.38. The number of nitrogens with zero attached hydrogens (tertiary/aromatic N) is 5. The summed E-state index contributed by atoms with van der Waals surface area (Å²) in [5.74, 6) is 0. The van der Waals surface area contributed by atoms with Crippen LogP contribution in [0.25, 0.3) is 5.69 Å². The van der Waals surface area contributed by atoms with Gasteiger partial charge in [-0.1, -0.05) is 0 Å². The molecule has 0 aliphatic heterocycles. The number of hydrogen-bond acceptors (Lipinski definition) is 6. The fourth-order valence-corrected chi connectivity index (χ4v) is 2.59. The molecular formula is C13H14N6S. The van der Waals surface area contributed by atoms with Crippen LogP contribution in [0, 0.1) is 13.8 Å². The minimum atomic E-state index is 0.730. The van der Waals surface area contributed by atoms with Gasteiger partial charge in [0.2, 0.25) is 0 Å². The zero-order chi connectivity index (χ0) is 13.9. The lowest BCUT2D eigenvalue weighted by Crippen LogP contribution is -2.02. The van der Waals surface area contributed by atoms with Crippen LogP contribution >= 0.6 is 11.3 Å². The van der Waals surface area contributed by atoms with E-state index in [0.29, 0.717) is 0 Å². The first-order chi connectivity index (χ1) is 9.72. The molecule has 0 spiro atoms. The zero-order valence-electron chi connectivity index (χ0n) is 11.2. The van der Waals surface area contributed by atoms with Crippen LogP contribution in [0.15, 0.2) is 29.9 Å². The molecule has 0 aliphatic carbocycles. The third-order valence-electron chi connectivity index (χ3n) is 2.93. The molecule has 0 amide bonds. The van der Waals surface area contributed by atoms with E-state index < -0.39 is 0 Å². The number of hydrogen-bond donors (Lipinski definition) is 1. The van der Waals surface area contributed by atoms with E-state index in [2.05, 4.69) is 37.3 Å². The van der Waals surface area contributed by atoms with Crippen LogP contribution in [-0.2, 0) is 6.54 Å². The standard InChI is InChI=1S/C13H14N6S/c1-9-5-11(14-6-12-7-20-10(2)16-12)3-4-13(9)19-8-15-17-18-19/h3-5,7-8,14H,6H2,1-2H3. The van der Waals surface area contributed by atoms with Crippen LogP contribution in [0.4, 0.5) is 5.69 Å². The first-order valence-electron chi connectivity index (χ1n) is 6.21. The van der Waals surface area contributed by atoms with Crippen molar-refractivity contribution >= 4 is 17.0 Å². The number of benzene rings is 1. The van der Waals surface area contributed by atoms with Gasteiger partial charge in [0.25, 0.3) is 0 Å². The molecular weight excluding hydrogens is 272 g/mol. The first kappa shape index (κ1) is 12.7. The Morgan fingerprint density at radius 1 is 1.30 bits per heavy atom. The summed E-state index contributed by atoms with van der Waals surface area (Å²) in [6.07, 6.45) is 1.59. The number of nitrogens with one attached hydrogen (secondary N) is 1. The Morgan fingerprint density at radius 2 is 2.20 bits per heavy atom. The molecule has 0 unspecified atom stereocenters. The predicted molar refractivity (Wildman–Crippen MR) is 78.1 cm³/mol. The summed E-state index contributed by atoms with van der Waals surface area (Å²) < 4.78 is 1.66. The molecule has 7 heteroatoms. The molecule has 0 aliphatic rings. The Balaban J connectivity index is 1.74. The molecule has 0 atom stereocenters. The summed E-state index contributed by atoms with van der Waals surface area (Å²) in [6, 6.07) is 6.10. The molecule has 0 bridgehead atoms. The minimum absolute atomic E-state index is 0.730. The lowest BCUT2D eigenvalue weighted by Gasteiger charge is -2.09. The summed E-state index contributed by atoms with van der Waals surface area (Å²) >= 11 is 1.67. The predicted octanol–water partition coefficient (Wildman–Crippen LogP) is 2.35. The van der Waals surface area contributed by atoms with Crippen molar-refractivity contribution in [1.29, 1.82) is 0 Å². The van der Waals surface area contributed by atoms with E-state index in [1.165, 1.54) is 0 Å². The van der Waals surface area contributed by atoms with Crippen molar-refractivity contribution in [2.75, 3.05) is 5.32 Å². The van der Waals surface area contributed by atoms with Gasteiger partial charge in [-0.25, -0.2) is 9.67 Å². The fraction of sp³-hybridized carbons (Fsp3) is 0.231. The van der Waals surface area contributed by atoms with Crippen LogP contribution < -0.4 is 5.32 Å². The maximum Gasteiger partial charge on any atom is 0.143 e. The van der Waals surface area contributed by atoms with Gasteiger partial charge in [0, 0.05) is 11.1 Å². The highest BCUT2D eigenvalue weighted by Crippen LogP contribution is 2.18. The SMILES string of the molecule is Cc1nc(CNc2ccc(-n3cnnn3)c(C)c2)cs1. The number of thiazole rings is 1. The van der Waals surface area contributed by atoms with Crippen LogP contribution in [-0.4, -0.2) is 25.2 Å². The van der Waals surface area contributed by atoms with Crippen molar-refractivity contribution in [2.45, 2.75) is 20.4 Å². The average molecular weight is 286 g/mol. The highest BCUT2D eigenvalue weighted by atomic mass is 32.1. The zero-order valence-corrected chi connectivity index (χ0v) is 12.1. The largest absolute Gasteiger partial charge is 0.379 e. The van der Waals surface area contributed by atoms with Gasteiger partial charge < -0.3 is 5.32 Å². The maximum atomic E-state index is 4.43. The van der Waals surface area contributed by atoms with Gasteiger partial charge in [-0.2, -0.15) is 0 Å². The minimum Gasteiger partial charge on any atom is -0.379 e. The van der Waals surface area contributed by atoms with Crippen LogP contribution in [0.1, 0.15) is 16.3 Å². The van der Waals surface area contributed by atoms with Gasteiger partial charge in [0.15, 0.2) is 0 Å². The van der Waals surface area contributed by atoms with E-state index in [9.17, 15) is 0 Å². The molecule has 0 fully saturated rings. The normalized spacial score (nSPS) is 10.7.